The number of rotatable bonds is 18. The van der Waals surface area contributed by atoms with Crippen molar-refractivity contribution in [3.05, 3.63) is 359 Å². The van der Waals surface area contributed by atoms with E-state index in [2.05, 4.69) is 119 Å². The zero-order chi connectivity index (χ0) is 103. The number of hydrogen-bond acceptors (Lipinski definition) is 27. The largest absolute Gasteiger partial charge is 0.497 e. The molecule has 0 bridgehead atoms. The van der Waals surface area contributed by atoms with Crippen molar-refractivity contribution in [2.75, 3.05) is 59.9 Å². The van der Waals surface area contributed by atoms with E-state index < -0.39 is 21.7 Å². The number of carbonyl (C=O) groups excluding carboxylic acids is 1. The van der Waals surface area contributed by atoms with Crippen LogP contribution in [0.25, 0.3) is 111 Å². The Morgan fingerprint density at radius 3 is 0.932 bits per heavy atom. The third-order valence-electron chi connectivity index (χ3n) is 22.8. The Morgan fingerprint density at radius 1 is 0.313 bits per heavy atom. The molecule has 738 valence electrons. The highest BCUT2D eigenvalue weighted by Crippen LogP contribution is 2.43. The third kappa shape index (κ3) is 25.3. The van der Waals surface area contributed by atoms with Crippen LogP contribution in [0.1, 0.15) is 48.6 Å². The Bertz CT molecular complexity index is 8180. The first-order valence-electron chi connectivity index (χ1n) is 45.5. The lowest BCUT2D eigenvalue weighted by molar-refractivity contribution is 0.0192. The molecule has 0 saturated carbocycles. The van der Waals surface area contributed by atoms with E-state index in [0.717, 1.165) is 140 Å². The maximum atomic E-state index is 13.2. The van der Waals surface area contributed by atoms with Crippen LogP contribution in [0.15, 0.2) is 291 Å². The molecule has 0 unspecified atom stereocenters. The van der Waals surface area contributed by atoms with Gasteiger partial charge in [0, 0.05) is 158 Å². The number of piperazine rings is 1. The van der Waals surface area contributed by atoms with Crippen LogP contribution in [0.2, 0.25) is 45.2 Å². The number of sulfonamides is 1. The Kier molecular flexibility index (Phi) is 32.6. The normalized spacial score (nSPS) is 11.9. The molecule has 20 aromatic rings. The number of aromatic nitrogens is 17. The molecule has 29 nitrogen and oxygen atoms in total. The minimum absolute atomic E-state index is 0.151. The van der Waals surface area contributed by atoms with Gasteiger partial charge in [-0.3, -0.25) is 9.97 Å². The molecule has 13 aromatic carbocycles. The quantitative estimate of drug-likeness (QED) is 0.0533. The second-order valence-electron chi connectivity index (χ2n) is 34.4. The molecule has 0 aliphatic carbocycles. The van der Waals surface area contributed by atoms with Crippen molar-refractivity contribution in [1.29, 1.82) is 0 Å². The Balaban J connectivity index is 0.000000127. The lowest BCUT2D eigenvalue weighted by Crippen LogP contribution is -2.51. The number of hydrogen-bond donors (Lipinski definition) is 5. The average Bonchev–Trinajstić information content (AvgIpc) is 0.796. The number of carbonyl (C=O) groups is 1. The second-order valence-corrected chi connectivity index (χ2v) is 40.0. The highest BCUT2D eigenvalue weighted by Gasteiger charge is 2.33. The predicted octanol–water partition coefficient (Wildman–Crippen LogP) is 28.6. The lowest BCUT2D eigenvalue weighted by Gasteiger charge is -2.35. The average molecular weight is 2150 g/mol. The first-order chi connectivity index (χ1) is 70.8. The number of para-hydroxylation sites is 1. The van der Waals surface area contributed by atoms with Crippen molar-refractivity contribution in [2.45, 2.75) is 65.9 Å². The summed E-state index contributed by atoms with van der Waals surface area (Å²) in [4.78, 5) is 45.0. The fourth-order valence-electron chi connectivity index (χ4n) is 15.9. The van der Waals surface area contributed by atoms with Gasteiger partial charge in [0.15, 0.2) is 0 Å². The summed E-state index contributed by atoms with van der Waals surface area (Å²) in [6.45, 7) is 16.1. The van der Waals surface area contributed by atoms with Gasteiger partial charge in [0.1, 0.15) is 38.9 Å². The van der Waals surface area contributed by atoms with E-state index in [4.69, 9.17) is 114 Å². The van der Waals surface area contributed by atoms with Gasteiger partial charge in [0.25, 0.3) is 0 Å². The second kappa shape index (κ2) is 46.2. The van der Waals surface area contributed by atoms with Crippen LogP contribution in [0, 0.1) is 34.6 Å². The van der Waals surface area contributed by atoms with Gasteiger partial charge >= 0.3 is 6.09 Å². The number of anilines is 10. The monoisotopic (exact) mass is 2150 g/mol. The van der Waals surface area contributed by atoms with E-state index in [1.54, 1.807) is 83.0 Å². The molecule has 8 heterocycles. The SMILES string of the molecule is COc1cccc(Nc2nnc3cc(-c4c(Cl)cccc4Cl)cc(C)c3n2)c1.Cc1cc(-c2c(Cl)cccc2Cl)cc2nnc(Nc3ccc(S(=O)(=O)N4CCN(C(=O)OC(C)(C)C)CC4)cc3)nc12.Cc1cc(-c2c(Cl)cccc2Cl)cc2nnc(Nc3ccncc3)nc12.Cc1cc(-c2c(Cl)cccc2Cl)cc2nnc(Nc3ccncc3)nc12.Cc1cc(-c2ccccc2Cl)cc2nnc(Nc3ccccc3)nc12. The van der Waals surface area contributed by atoms with Gasteiger partial charge in [0.05, 0.1) is 39.6 Å². The molecule has 5 N–H and O–H groups in total. The van der Waals surface area contributed by atoms with Gasteiger partial charge in [-0.15, -0.1) is 51.0 Å². The summed E-state index contributed by atoms with van der Waals surface area (Å²) in [5, 5.41) is 63.5. The highest BCUT2D eigenvalue weighted by molar-refractivity contribution is 7.89. The number of amides is 1. The van der Waals surface area contributed by atoms with E-state index >= 15 is 0 Å². The molecule has 0 spiro atoms. The van der Waals surface area contributed by atoms with E-state index in [1.807, 2.05) is 247 Å². The maximum Gasteiger partial charge on any atom is 0.410 e. The summed E-state index contributed by atoms with van der Waals surface area (Å²) in [5.74, 6) is 2.75. The van der Waals surface area contributed by atoms with Crippen molar-refractivity contribution in [2.24, 2.45) is 0 Å². The minimum Gasteiger partial charge on any atom is -0.497 e. The van der Waals surface area contributed by atoms with Gasteiger partial charge in [-0.1, -0.05) is 171 Å². The first kappa shape index (κ1) is 104. The Labute approximate surface area is 890 Å². The topological polar surface area (TPSA) is 355 Å². The molecular formula is C108H87Cl9N24O5S. The Morgan fingerprint density at radius 2 is 0.599 bits per heavy atom. The van der Waals surface area contributed by atoms with Crippen LogP contribution in [0.5, 0.6) is 5.75 Å². The van der Waals surface area contributed by atoms with Crippen LogP contribution < -0.4 is 31.3 Å². The zero-order valence-corrected chi connectivity index (χ0v) is 87.4. The first-order valence-corrected chi connectivity index (χ1v) is 50.3. The summed E-state index contributed by atoms with van der Waals surface area (Å²) >= 11 is 57.1. The van der Waals surface area contributed by atoms with Gasteiger partial charge < -0.3 is 41.0 Å². The van der Waals surface area contributed by atoms with Gasteiger partial charge in [-0.2, -0.15) is 4.31 Å². The molecule has 0 atom stereocenters. The number of aryl methyl sites for hydroxylation is 5. The third-order valence-corrected chi connectivity index (χ3v) is 27.6. The molecule has 1 fully saturated rings. The molecule has 0 radical (unpaired) electrons. The smallest absolute Gasteiger partial charge is 0.410 e. The number of nitrogens with one attached hydrogen (secondary N) is 5. The van der Waals surface area contributed by atoms with E-state index in [0.29, 0.717) is 102 Å². The molecule has 1 aliphatic heterocycles. The fraction of sp³-hybridized carbons (Fsp3) is 0.130. The van der Waals surface area contributed by atoms with Crippen LogP contribution >= 0.6 is 104 Å². The minimum atomic E-state index is -3.74. The Hall–Kier alpha value is -14.9. The van der Waals surface area contributed by atoms with Gasteiger partial charge in [0.2, 0.25) is 39.8 Å². The fourth-order valence-corrected chi connectivity index (χ4v) is 20.0. The number of nitrogens with zero attached hydrogens (tertiary/aromatic N) is 19. The van der Waals surface area contributed by atoms with Crippen LogP contribution in [0.3, 0.4) is 0 Å². The number of benzene rings is 13. The summed E-state index contributed by atoms with van der Waals surface area (Å²) in [7, 11) is -2.11. The number of pyridine rings is 2. The summed E-state index contributed by atoms with van der Waals surface area (Å²) in [5.41, 5.74) is 23.8. The summed E-state index contributed by atoms with van der Waals surface area (Å²) in [6, 6.07) is 80.0. The number of halogens is 9. The standard InChI is InChI=1S/C29H30Cl2N6O4S.C21H16Cl2N4O.C20H15ClN4.2C19H13Cl2N5/c1-18-16-19(25-22(30)6-5-7-23(25)31)17-24-26(18)33-27(35-34-24)32-20-8-10-21(11-9-20)42(39,40)37-14-12-36(13-15-37)28(38)41-29(2,3)4;1-12-9-13(19-16(22)7-4-8-17(19)23)10-18-20(12)25-21(27-26-18)24-14-5-3-6-15(11-14)28-2;1-13-11-14(16-9-5-6-10-17(16)21)12-18-19(13)23-20(25-24-18)22-15-7-3-2-4-8-15;2*1-11-9-12(17-14(20)3-2-4-15(17)21)10-16-18(11)24-19(26-25-16)23-13-5-7-22-8-6-13/h5-11,16-17H,12-15H2,1-4H3,(H,32,33,35);3-11H,1-2H3,(H,24,25,27);2-12H,1H3,(H,22,23,25);2*2-10H,1H3,(H,22,23,24,26). The van der Waals surface area contributed by atoms with Crippen LogP contribution in [0.4, 0.5) is 63.0 Å². The predicted molar refractivity (Wildman–Crippen MR) is 590 cm³/mol. The van der Waals surface area contributed by atoms with Crippen LogP contribution in [-0.2, 0) is 14.8 Å². The number of methoxy groups -OCH3 is 1. The van der Waals surface area contributed by atoms with Crippen molar-refractivity contribution in [3.63, 3.8) is 0 Å². The highest BCUT2D eigenvalue weighted by atomic mass is 35.5. The van der Waals surface area contributed by atoms with Crippen molar-refractivity contribution >= 4 is 234 Å². The zero-order valence-electron chi connectivity index (χ0n) is 79.8. The molecule has 1 aliphatic rings. The van der Waals surface area contributed by atoms with Crippen LogP contribution in [-0.4, -0.2) is 148 Å². The van der Waals surface area contributed by atoms with E-state index in [1.165, 1.54) is 21.3 Å². The number of fused-ring (bicyclic) bond motifs is 5. The molecule has 21 rings (SSSR count). The molecule has 39 heteroatoms. The number of ether oxygens (including phenoxy) is 2. The van der Waals surface area contributed by atoms with Crippen molar-refractivity contribution in [3.8, 4) is 61.4 Å². The summed E-state index contributed by atoms with van der Waals surface area (Å²) in [6.07, 6.45) is 6.34. The molecule has 1 saturated heterocycles. The maximum absolute atomic E-state index is 13.2. The van der Waals surface area contributed by atoms with Crippen molar-refractivity contribution in [1.82, 2.24) is 95.1 Å². The molecule has 147 heavy (non-hydrogen) atoms. The molecule has 7 aromatic heterocycles. The molecular weight excluding hydrogens is 2060 g/mol. The van der Waals surface area contributed by atoms with E-state index in [-0.39, 0.29) is 37.0 Å². The van der Waals surface area contributed by atoms with Gasteiger partial charge in [-0.25, -0.2) is 38.1 Å². The van der Waals surface area contributed by atoms with Crippen molar-refractivity contribution < 1.29 is 22.7 Å². The summed E-state index contributed by atoms with van der Waals surface area (Å²) < 4.78 is 38.5. The molecule has 1 amide bonds. The lowest BCUT2D eigenvalue weighted by atomic mass is 10.0. The van der Waals surface area contributed by atoms with Gasteiger partial charge in [-0.05, 0) is 299 Å². The van der Waals surface area contributed by atoms with E-state index in [9.17, 15) is 13.2 Å².